The summed E-state index contributed by atoms with van der Waals surface area (Å²) in [5.74, 6) is -0.649. The molecule has 7 heteroatoms. The Labute approximate surface area is 123 Å². The Bertz CT molecular complexity index is 454. The van der Waals surface area contributed by atoms with E-state index in [1.807, 2.05) is 6.92 Å². The van der Waals surface area contributed by atoms with E-state index in [0.29, 0.717) is 18.4 Å². The van der Waals surface area contributed by atoms with Gasteiger partial charge in [-0.15, -0.1) is 0 Å². The molecule has 0 spiro atoms. The molecule has 0 aromatic heterocycles. The highest BCUT2D eigenvalue weighted by molar-refractivity contribution is 6.15. The Morgan fingerprint density at radius 1 is 1.33 bits per heavy atom. The van der Waals surface area contributed by atoms with Gasteiger partial charge in [0.15, 0.2) is 0 Å². The van der Waals surface area contributed by atoms with Crippen LogP contribution in [0.2, 0.25) is 0 Å². The fraction of sp³-hybridized carbons (Fsp3) is 0.643. The topological polar surface area (TPSA) is 82.1 Å². The van der Waals surface area contributed by atoms with Crippen molar-refractivity contribution in [1.29, 1.82) is 0 Å². The third kappa shape index (κ3) is 5.18. The van der Waals surface area contributed by atoms with Crippen LogP contribution in [0.5, 0.6) is 0 Å². The van der Waals surface area contributed by atoms with Gasteiger partial charge in [-0.2, -0.15) is 4.89 Å². The minimum atomic E-state index is -0.940. The lowest BCUT2D eigenvalue weighted by Crippen LogP contribution is -2.32. The highest BCUT2D eigenvalue weighted by atomic mass is 17.2. The number of rotatable bonds is 7. The summed E-state index contributed by atoms with van der Waals surface area (Å²) in [5, 5.41) is 0. The Morgan fingerprint density at radius 3 is 2.52 bits per heavy atom. The van der Waals surface area contributed by atoms with E-state index in [2.05, 4.69) is 4.89 Å². The summed E-state index contributed by atoms with van der Waals surface area (Å²) >= 11 is 0. The predicted molar refractivity (Wildman–Crippen MR) is 73.0 cm³/mol. The van der Waals surface area contributed by atoms with Crippen LogP contribution in [-0.2, 0) is 24.1 Å². The zero-order valence-electron chi connectivity index (χ0n) is 12.8. The quantitative estimate of drug-likeness (QED) is 0.235. The second kappa shape index (κ2) is 7.21. The lowest BCUT2D eigenvalue weighted by atomic mass is 10.1. The molecule has 0 atom stereocenters. The van der Waals surface area contributed by atoms with Crippen LogP contribution >= 0.6 is 0 Å². The molecule has 0 fully saturated rings. The first-order valence-corrected chi connectivity index (χ1v) is 6.83. The summed E-state index contributed by atoms with van der Waals surface area (Å²) < 4.78 is 4.79. The van der Waals surface area contributed by atoms with E-state index >= 15 is 0 Å². The third-order valence-electron chi connectivity index (χ3n) is 3.12. The molecule has 0 N–H and O–H groups in total. The SMILES string of the molecule is CCC(C)(C)OOC(=O)OCCCN1C(=O)C=C(C)C1=O. The number of imide groups is 1. The molecule has 0 aromatic carbocycles. The lowest BCUT2D eigenvalue weighted by Gasteiger charge is -2.20. The molecule has 0 aromatic rings. The van der Waals surface area contributed by atoms with Crippen LogP contribution in [0.1, 0.15) is 40.5 Å². The maximum atomic E-state index is 11.6. The number of hydrogen-bond donors (Lipinski definition) is 0. The van der Waals surface area contributed by atoms with Crippen molar-refractivity contribution in [3.63, 3.8) is 0 Å². The van der Waals surface area contributed by atoms with Gasteiger partial charge in [0.1, 0.15) is 5.60 Å². The minimum Gasteiger partial charge on any atom is -0.432 e. The number of carbonyl (C=O) groups excluding carboxylic acids is 3. The van der Waals surface area contributed by atoms with Crippen LogP contribution in [0, 0.1) is 0 Å². The summed E-state index contributed by atoms with van der Waals surface area (Å²) in [7, 11) is 0. The maximum Gasteiger partial charge on any atom is 0.540 e. The van der Waals surface area contributed by atoms with E-state index in [9.17, 15) is 14.4 Å². The van der Waals surface area contributed by atoms with Gasteiger partial charge in [0, 0.05) is 18.2 Å². The highest BCUT2D eigenvalue weighted by Gasteiger charge is 2.27. The fourth-order valence-electron chi connectivity index (χ4n) is 1.46. The van der Waals surface area contributed by atoms with Crippen molar-refractivity contribution in [3.05, 3.63) is 11.6 Å². The van der Waals surface area contributed by atoms with Gasteiger partial charge in [-0.3, -0.25) is 19.4 Å². The van der Waals surface area contributed by atoms with E-state index in [-0.39, 0.29) is 25.0 Å². The Morgan fingerprint density at radius 2 is 2.00 bits per heavy atom. The average molecular weight is 299 g/mol. The number of amides is 2. The average Bonchev–Trinajstić information content (AvgIpc) is 2.67. The van der Waals surface area contributed by atoms with Crippen LogP contribution in [-0.4, -0.2) is 41.6 Å². The van der Waals surface area contributed by atoms with Crippen LogP contribution in [0.15, 0.2) is 11.6 Å². The molecular weight excluding hydrogens is 278 g/mol. The fourth-order valence-corrected chi connectivity index (χ4v) is 1.46. The Balaban J connectivity index is 2.19. The summed E-state index contributed by atoms with van der Waals surface area (Å²) in [4.78, 5) is 44.8. The third-order valence-corrected chi connectivity index (χ3v) is 3.12. The number of carbonyl (C=O) groups is 3. The molecule has 1 rings (SSSR count). The molecule has 0 aliphatic carbocycles. The first-order chi connectivity index (χ1) is 9.76. The largest absolute Gasteiger partial charge is 0.540 e. The first kappa shape index (κ1) is 17.2. The van der Waals surface area contributed by atoms with Crippen LogP contribution in [0.25, 0.3) is 0 Å². The van der Waals surface area contributed by atoms with E-state index < -0.39 is 11.8 Å². The molecule has 1 heterocycles. The van der Waals surface area contributed by atoms with Crippen LogP contribution in [0.4, 0.5) is 4.79 Å². The molecule has 2 amide bonds. The smallest absolute Gasteiger partial charge is 0.432 e. The lowest BCUT2D eigenvalue weighted by molar-refractivity contribution is -0.317. The Kier molecular flexibility index (Phi) is 5.90. The predicted octanol–water partition coefficient (Wildman–Crippen LogP) is 1.97. The molecule has 7 nitrogen and oxygen atoms in total. The van der Waals surface area contributed by atoms with Gasteiger partial charge in [-0.25, -0.2) is 4.79 Å². The van der Waals surface area contributed by atoms with Crippen molar-refractivity contribution in [2.24, 2.45) is 0 Å². The molecule has 1 aliphatic rings. The van der Waals surface area contributed by atoms with Crippen molar-refractivity contribution < 1.29 is 28.9 Å². The van der Waals surface area contributed by atoms with Crippen molar-refractivity contribution in [2.75, 3.05) is 13.2 Å². The number of ether oxygens (including phenoxy) is 1. The summed E-state index contributed by atoms with van der Waals surface area (Å²) in [6.45, 7) is 7.26. The maximum absolute atomic E-state index is 11.6. The van der Waals surface area contributed by atoms with E-state index in [4.69, 9.17) is 9.62 Å². The Hall–Kier alpha value is -1.89. The minimum absolute atomic E-state index is 0.0326. The molecule has 0 radical (unpaired) electrons. The van der Waals surface area contributed by atoms with Gasteiger partial charge in [-0.05, 0) is 33.6 Å². The molecule has 0 saturated carbocycles. The van der Waals surface area contributed by atoms with Crippen molar-refractivity contribution in [1.82, 2.24) is 4.90 Å². The van der Waals surface area contributed by atoms with E-state index in [1.165, 1.54) is 6.08 Å². The number of hydrogen-bond acceptors (Lipinski definition) is 6. The summed E-state index contributed by atoms with van der Waals surface area (Å²) in [6.07, 6.45) is 1.36. The molecule has 0 bridgehead atoms. The van der Waals surface area contributed by atoms with E-state index in [1.54, 1.807) is 20.8 Å². The van der Waals surface area contributed by atoms with Crippen molar-refractivity contribution in [2.45, 2.75) is 46.1 Å². The zero-order valence-corrected chi connectivity index (χ0v) is 12.8. The number of nitrogens with zero attached hydrogens (tertiary/aromatic N) is 1. The second-order valence-corrected chi connectivity index (χ2v) is 5.35. The van der Waals surface area contributed by atoms with Crippen LogP contribution in [0.3, 0.4) is 0 Å². The molecular formula is C14H21NO6. The molecule has 21 heavy (non-hydrogen) atoms. The van der Waals surface area contributed by atoms with Gasteiger partial charge in [0.25, 0.3) is 11.8 Å². The van der Waals surface area contributed by atoms with Gasteiger partial charge in [0.2, 0.25) is 0 Å². The summed E-state index contributed by atoms with van der Waals surface area (Å²) in [5.41, 5.74) is -0.160. The van der Waals surface area contributed by atoms with Crippen molar-refractivity contribution in [3.8, 4) is 0 Å². The monoisotopic (exact) mass is 299 g/mol. The van der Waals surface area contributed by atoms with Gasteiger partial charge >= 0.3 is 6.16 Å². The standard InChI is InChI=1S/C14H21NO6/c1-5-14(3,4)21-20-13(18)19-8-6-7-15-11(16)9-10(2)12(15)17/h9H,5-8H2,1-4H3. The zero-order chi connectivity index (χ0) is 16.0. The van der Waals surface area contributed by atoms with E-state index in [0.717, 1.165) is 4.90 Å². The normalized spacial score (nSPS) is 15.2. The molecule has 118 valence electrons. The van der Waals surface area contributed by atoms with Crippen LogP contribution < -0.4 is 0 Å². The first-order valence-electron chi connectivity index (χ1n) is 6.83. The van der Waals surface area contributed by atoms with Crippen molar-refractivity contribution >= 4 is 18.0 Å². The van der Waals surface area contributed by atoms with Gasteiger partial charge in [-0.1, -0.05) is 6.92 Å². The molecule has 0 unspecified atom stereocenters. The molecule has 1 aliphatic heterocycles. The molecule has 0 saturated heterocycles. The van der Waals surface area contributed by atoms with Gasteiger partial charge in [0.05, 0.1) is 6.61 Å². The van der Waals surface area contributed by atoms with Gasteiger partial charge < -0.3 is 4.74 Å². The highest BCUT2D eigenvalue weighted by Crippen LogP contribution is 2.14. The second-order valence-electron chi connectivity index (χ2n) is 5.35. The summed E-state index contributed by atoms with van der Waals surface area (Å²) in [6, 6.07) is 0.